The number of amides is 2. The van der Waals surface area contributed by atoms with Crippen LogP contribution < -0.4 is 10.1 Å². The number of methoxy groups -OCH3 is 1. The molecule has 134 valence electrons. The van der Waals surface area contributed by atoms with Gasteiger partial charge in [-0.3, -0.25) is 0 Å². The molecular weight excluding hydrogens is 404 g/mol. The first-order valence-electron chi connectivity index (χ1n) is 8.10. The van der Waals surface area contributed by atoms with Gasteiger partial charge in [0.2, 0.25) is 0 Å². The van der Waals surface area contributed by atoms with Crippen LogP contribution in [-0.2, 0) is 6.54 Å². The largest absolute Gasteiger partial charge is 0.497 e. The van der Waals surface area contributed by atoms with E-state index in [0.29, 0.717) is 13.1 Å². The molecular formula is C19H22BrClN2O2. The van der Waals surface area contributed by atoms with Crippen LogP contribution in [0.4, 0.5) is 10.5 Å². The highest BCUT2D eigenvalue weighted by atomic mass is 79.9. The second-order valence-electron chi connectivity index (χ2n) is 5.67. The minimum Gasteiger partial charge on any atom is -0.497 e. The van der Waals surface area contributed by atoms with Gasteiger partial charge in [0.25, 0.3) is 0 Å². The molecule has 0 saturated heterocycles. The van der Waals surface area contributed by atoms with Crippen molar-refractivity contribution < 1.29 is 9.53 Å². The molecule has 0 spiro atoms. The van der Waals surface area contributed by atoms with Crippen LogP contribution in [0.25, 0.3) is 0 Å². The Bertz CT molecular complexity index is 694. The summed E-state index contributed by atoms with van der Waals surface area (Å²) in [5.74, 6) is 0.767. The summed E-state index contributed by atoms with van der Waals surface area (Å²) in [4.78, 5) is 14.4. The molecule has 0 bridgehead atoms. The maximum Gasteiger partial charge on any atom is 0.322 e. The van der Waals surface area contributed by atoms with Crippen LogP contribution in [0.2, 0.25) is 0 Å². The molecule has 2 amide bonds. The molecule has 0 aliphatic heterocycles. The average Bonchev–Trinajstić information content (AvgIpc) is 2.63. The van der Waals surface area contributed by atoms with Gasteiger partial charge in [0, 0.05) is 23.2 Å². The van der Waals surface area contributed by atoms with Crippen LogP contribution in [0.1, 0.15) is 18.9 Å². The van der Waals surface area contributed by atoms with E-state index in [1.165, 1.54) is 0 Å². The lowest BCUT2D eigenvalue weighted by atomic mass is 10.2. The van der Waals surface area contributed by atoms with Crippen molar-refractivity contribution in [2.45, 2.75) is 25.3 Å². The third-order valence-electron chi connectivity index (χ3n) is 3.75. The second-order valence-corrected chi connectivity index (χ2v) is 7.21. The summed E-state index contributed by atoms with van der Waals surface area (Å²) in [6, 6.07) is 15.0. The van der Waals surface area contributed by atoms with E-state index in [2.05, 4.69) is 21.2 Å². The van der Waals surface area contributed by atoms with Gasteiger partial charge >= 0.3 is 6.03 Å². The van der Waals surface area contributed by atoms with E-state index in [9.17, 15) is 4.79 Å². The van der Waals surface area contributed by atoms with Crippen molar-refractivity contribution >= 4 is 39.2 Å². The fourth-order valence-electron chi connectivity index (χ4n) is 2.31. The zero-order valence-corrected chi connectivity index (χ0v) is 16.7. The molecule has 6 heteroatoms. The smallest absolute Gasteiger partial charge is 0.322 e. The van der Waals surface area contributed by atoms with Gasteiger partial charge in [0.1, 0.15) is 5.75 Å². The van der Waals surface area contributed by atoms with E-state index in [0.717, 1.165) is 27.9 Å². The molecule has 2 aromatic carbocycles. The molecule has 0 radical (unpaired) electrons. The van der Waals surface area contributed by atoms with E-state index < -0.39 is 0 Å². The van der Waals surface area contributed by atoms with Gasteiger partial charge in [0.15, 0.2) is 0 Å². The fraction of sp³-hybridized carbons (Fsp3) is 0.316. The number of anilines is 1. The Morgan fingerprint density at radius 2 is 2.00 bits per heavy atom. The molecule has 0 fully saturated rings. The molecule has 1 atom stereocenters. The second kappa shape index (κ2) is 9.68. The lowest BCUT2D eigenvalue weighted by molar-refractivity contribution is 0.208. The number of hydrogen-bond donors (Lipinski definition) is 1. The van der Waals surface area contributed by atoms with Crippen LogP contribution >= 0.6 is 27.5 Å². The number of hydrogen-bond acceptors (Lipinski definition) is 2. The number of nitrogens with zero attached hydrogens (tertiary/aromatic N) is 1. The van der Waals surface area contributed by atoms with E-state index in [4.69, 9.17) is 16.3 Å². The molecule has 2 aromatic rings. The number of benzene rings is 2. The summed E-state index contributed by atoms with van der Waals surface area (Å²) < 4.78 is 6.22. The molecule has 0 aromatic heterocycles. The third kappa shape index (κ3) is 6.25. The number of carbonyl (C=O) groups excluding carboxylic acids is 1. The van der Waals surface area contributed by atoms with E-state index in [1.54, 1.807) is 12.0 Å². The highest BCUT2D eigenvalue weighted by molar-refractivity contribution is 9.10. The highest BCUT2D eigenvalue weighted by Gasteiger charge is 2.18. The van der Waals surface area contributed by atoms with Crippen molar-refractivity contribution in [1.29, 1.82) is 0 Å². The monoisotopic (exact) mass is 424 g/mol. The topological polar surface area (TPSA) is 41.6 Å². The summed E-state index contributed by atoms with van der Waals surface area (Å²) >= 11 is 9.69. The Morgan fingerprint density at radius 3 is 2.64 bits per heavy atom. The van der Waals surface area contributed by atoms with Gasteiger partial charge in [0.05, 0.1) is 12.5 Å². The summed E-state index contributed by atoms with van der Waals surface area (Å²) in [5, 5.41) is 2.83. The maximum atomic E-state index is 12.7. The number of nitrogens with one attached hydrogen (secondary N) is 1. The predicted molar refractivity (Wildman–Crippen MR) is 106 cm³/mol. The lowest BCUT2D eigenvalue weighted by Crippen LogP contribution is -2.38. The number of urea groups is 1. The van der Waals surface area contributed by atoms with Crippen molar-refractivity contribution in [2.75, 3.05) is 19.0 Å². The standard InChI is InChI=1S/C19H22BrClN2O2/c1-3-16(21)13-23(12-14-5-4-6-18(11-14)25-2)19(24)22-17-9-7-15(20)8-10-17/h4-11,16H,3,12-13H2,1-2H3,(H,22,24). The molecule has 1 N–H and O–H groups in total. The van der Waals surface area contributed by atoms with Gasteiger partial charge < -0.3 is 15.0 Å². The van der Waals surface area contributed by atoms with Crippen LogP contribution in [0.15, 0.2) is 53.0 Å². The Kier molecular flexibility index (Phi) is 7.59. The van der Waals surface area contributed by atoms with Crippen molar-refractivity contribution in [3.8, 4) is 5.75 Å². The molecule has 1 unspecified atom stereocenters. The molecule has 0 heterocycles. The molecule has 0 aliphatic rings. The van der Waals surface area contributed by atoms with Gasteiger partial charge in [-0.2, -0.15) is 0 Å². The molecule has 2 rings (SSSR count). The fourth-order valence-corrected chi connectivity index (χ4v) is 2.75. The summed E-state index contributed by atoms with van der Waals surface area (Å²) in [7, 11) is 1.63. The van der Waals surface area contributed by atoms with Crippen LogP contribution in [0, 0.1) is 0 Å². The highest BCUT2D eigenvalue weighted by Crippen LogP contribution is 2.18. The van der Waals surface area contributed by atoms with Crippen molar-refractivity contribution in [2.24, 2.45) is 0 Å². The zero-order chi connectivity index (χ0) is 18.2. The van der Waals surface area contributed by atoms with Gasteiger partial charge in [-0.05, 0) is 48.4 Å². The number of rotatable bonds is 7. The van der Waals surface area contributed by atoms with Gasteiger partial charge in [-0.1, -0.05) is 35.0 Å². The predicted octanol–water partition coefficient (Wildman–Crippen LogP) is 5.51. The van der Waals surface area contributed by atoms with Crippen molar-refractivity contribution in [1.82, 2.24) is 4.90 Å². The summed E-state index contributed by atoms with van der Waals surface area (Å²) in [6.07, 6.45) is 0.793. The summed E-state index contributed by atoms with van der Waals surface area (Å²) in [6.45, 7) is 2.94. The number of alkyl halides is 1. The molecule has 0 aliphatic carbocycles. The molecule has 25 heavy (non-hydrogen) atoms. The Morgan fingerprint density at radius 1 is 1.28 bits per heavy atom. The van der Waals surface area contributed by atoms with Crippen LogP contribution in [-0.4, -0.2) is 30.0 Å². The lowest BCUT2D eigenvalue weighted by Gasteiger charge is -2.25. The van der Waals surface area contributed by atoms with Crippen molar-refractivity contribution in [3.05, 3.63) is 58.6 Å². The number of ether oxygens (including phenoxy) is 1. The molecule has 0 saturated carbocycles. The normalized spacial score (nSPS) is 11.7. The first-order chi connectivity index (χ1) is 12.0. The Labute approximate surface area is 162 Å². The quantitative estimate of drug-likeness (QED) is 0.594. The van der Waals surface area contributed by atoms with Gasteiger partial charge in [-0.25, -0.2) is 4.79 Å². The zero-order valence-electron chi connectivity index (χ0n) is 14.3. The number of halogens is 2. The third-order valence-corrected chi connectivity index (χ3v) is 4.73. The van der Waals surface area contributed by atoms with Crippen molar-refractivity contribution in [3.63, 3.8) is 0 Å². The van der Waals surface area contributed by atoms with Crippen LogP contribution in [0.5, 0.6) is 5.75 Å². The minimum atomic E-state index is -0.177. The van der Waals surface area contributed by atoms with Gasteiger partial charge in [-0.15, -0.1) is 11.6 Å². The average molecular weight is 426 g/mol. The first-order valence-corrected chi connectivity index (χ1v) is 9.33. The first kappa shape index (κ1) is 19.6. The minimum absolute atomic E-state index is 0.0960. The van der Waals surface area contributed by atoms with Crippen LogP contribution in [0.3, 0.4) is 0 Å². The molecule has 4 nitrogen and oxygen atoms in total. The Hall–Kier alpha value is -1.72. The van der Waals surface area contributed by atoms with E-state index in [-0.39, 0.29) is 11.4 Å². The van der Waals surface area contributed by atoms with E-state index in [1.807, 2.05) is 55.5 Å². The SMILES string of the molecule is CCC(Cl)CN(Cc1cccc(OC)c1)C(=O)Nc1ccc(Br)cc1. The maximum absolute atomic E-state index is 12.7. The summed E-state index contributed by atoms with van der Waals surface area (Å²) in [5.41, 5.74) is 1.73. The Balaban J connectivity index is 2.13. The number of carbonyl (C=O) groups is 1. The van der Waals surface area contributed by atoms with E-state index >= 15 is 0 Å².